The van der Waals surface area contributed by atoms with Gasteiger partial charge in [0.05, 0.1) is 12.3 Å². The van der Waals surface area contributed by atoms with E-state index in [4.69, 9.17) is 10.5 Å². The van der Waals surface area contributed by atoms with Gasteiger partial charge in [0.1, 0.15) is 11.6 Å². The van der Waals surface area contributed by atoms with Gasteiger partial charge in [-0.25, -0.2) is 4.39 Å². The summed E-state index contributed by atoms with van der Waals surface area (Å²) in [6, 6.07) is 5.44. The van der Waals surface area contributed by atoms with Crippen LogP contribution in [0.25, 0.3) is 0 Å². The highest BCUT2D eigenvalue weighted by atomic mass is 19.1. The molecular formula is C16H25FN2O. The van der Waals surface area contributed by atoms with Crippen LogP contribution in [0.3, 0.4) is 0 Å². The minimum Gasteiger partial charge on any atom is -0.493 e. The Morgan fingerprint density at radius 1 is 1.30 bits per heavy atom. The number of anilines is 1. The Labute approximate surface area is 120 Å². The molecule has 1 aromatic rings. The molecule has 3 nitrogen and oxygen atoms in total. The maximum absolute atomic E-state index is 14.2. The topological polar surface area (TPSA) is 38.5 Å². The van der Waals surface area contributed by atoms with Crippen LogP contribution in [-0.2, 0) is 0 Å². The Kier molecular flexibility index (Phi) is 5.65. The fraction of sp³-hybridized carbons (Fsp3) is 0.625. The standard InChI is InChI=1S/C16H25FN2O/c1-2-3-4-11-20-14-5-6-16(15(17)12-14)19-9-7-13(18)8-10-19/h5-6,12-13H,2-4,7-11,18H2,1H3. The number of hydrogen-bond donors (Lipinski definition) is 1. The van der Waals surface area contributed by atoms with Crippen LogP contribution in [0.1, 0.15) is 39.0 Å². The molecule has 0 saturated carbocycles. The van der Waals surface area contributed by atoms with Crippen molar-refractivity contribution in [2.24, 2.45) is 5.73 Å². The predicted molar refractivity (Wildman–Crippen MR) is 80.8 cm³/mol. The summed E-state index contributed by atoms with van der Waals surface area (Å²) in [5.74, 6) is 0.421. The van der Waals surface area contributed by atoms with Crippen molar-refractivity contribution in [1.29, 1.82) is 0 Å². The summed E-state index contributed by atoms with van der Waals surface area (Å²) >= 11 is 0. The van der Waals surface area contributed by atoms with Crippen LogP contribution in [0, 0.1) is 5.82 Å². The average molecular weight is 280 g/mol. The highest BCUT2D eigenvalue weighted by molar-refractivity contribution is 5.51. The minimum absolute atomic E-state index is 0.200. The normalized spacial score (nSPS) is 16.4. The SMILES string of the molecule is CCCCCOc1ccc(N2CCC(N)CC2)c(F)c1. The lowest BCUT2D eigenvalue weighted by molar-refractivity contribution is 0.305. The largest absolute Gasteiger partial charge is 0.493 e. The van der Waals surface area contributed by atoms with Gasteiger partial charge in [0.15, 0.2) is 0 Å². The van der Waals surface area contributed by atoms with Crippen LogP contribution in [0.4, 0.5) is 10.1 Å². The Bertz CT molecular complexity index is 417. The van der Waals surface area contributed by atoms with Gasteiger partial charge in [-0.15, -0.1) is 0 Å². The number of ether oxygens (including phenoxy) is 1. The zero-order chi connectivity index (χ0) is 14.4. The summed E-state index contributed by atoms with van der Waals surface area (Å²) in [6.07, 6.45) is 5.18. The second-order valence-corrected chi connectivity index (χ2v) is 5.49. The van der Waals surface area contributed by atoms with E-state index in [9.17, 15) is 4.39 Å². The monoisotopic (exact) mass is 280 g/mol. The molecule has 0 aliphatic carbocycles. The smallest absolute Gasteiger partial charge is 0.150 e. The number of nitrogens with two attached hydrogens (primary N) is 1. The molecule has 1 aromatic carbocycles. The third-order valence-corrected chi connectivity index (χ3v) is 3.82. The summed E-state index contributed by atoms with van der Waals surface area (Å²) in [5.41, 5.74) is 6.54. The molecule has 2 N–H and O–H groups in total. The van der Waals surface area contributed by atoms with Gasteiger partial charge in [0.2, 0.25) is 0 Å². The Balaban J connectivity index is 1.92. The molecule has 112 valence electrons. The molecule has 1 fully saturated rings. The molecule has 0 radical (unpaired) electrons. The molecule has 0 atom stereocenters. The molecule has 0 aromatic heterocycles. The Morgan fingerprint density at radius 3 is 2.70 bits per heavy atom. The number of nitrogens with zero attached hydrogens (tertiary/aromatic N) is 1. The molecule has 0 bridgehead atoms. The van der Waals surface area contributed by atoms with Crippen molar-refractivity contribution in [3.05, 3.63) is 24.0 Å². The van der Waals surface area contributed by atoms with E-state index in [1.54, 1.807) is 0 Å². The van der Waals surface area contributed by atoms with Crippen molar-refractivity contribution < 1.29 is 9.13 Å². The summed E-state index contributed by atoms with van der Waals surface area (Å²) in [7, 11) is 0. The van der Waals surface area contributed by atoms with Gasteiger partial charge in [-0.3, -0.25) is 0 Å². The second kappa shape index (κ2) is 7.48. The van der Waals surface area contributed by atoms with E-state index in [0.29, 0.717) is 18.0 Å². The van der Waals surface area contributed by atoms with Crippen LogP contribution in [0.5, 0.6) is 5.75 Å². The van der Waals surface area contributed by atoms with Gasteiger partial charge < -0.3 is 15.4 Å². The summed E-state index contributed by atoms with van der Waals surface area (Å²) in [4.78, 5) is 2.07. The average Bonchev–Trinajstić information content (AvgIpc) is 2.45. The van der Waals surface area contributed by atoms with E-state index in [1.807, 2.05) is 12.1 Å². The first-order valence-corrected chi connectivity index (χ1v) is 7.63. The van der Waals surface area contributed by atoms with E-state index in [0.717, 1.165) is 45.2 Å². The zero-order valence-corrected chi connectivity index (χ0v) is 12.3. The summed E-state index contributed by atoms with van der Waals surface area (Å²) < 4.78 is 19.7. The molecule has 0 unspecified atom stereocenters. The van der Waals surface area contributed by atoms with Gasteiger partial charge in [0.25, 0.3) is 0 Å². The highest BCUT2D eigenvalue weighted by Crippen LogP contribution is 2.26. The highest BCUT2D eigenvalue weighted by Gasteiger charge is 2.19. The van der Waals surface area contributed by atoms with Crippen LogP contribution in [-0.4, -0.2) is 25.7 Å². The first kappa shape index (κ1) is 15.1. The molecule has 1 aliphatic heterocycles. The van der Waals surface area contributed by atoms with E-state index in [2.05, 4.69) is 11.8 Å². The number of hydrogen-bond acceptors (Lipinski definition) is 3. The quantitative estimate of drug-likeness (QED) is 0.812. The molecular weight excluding hydrogens is 255 g/mol. The molecule has 20 heavy (non-hydrogen) atoms. The van der Waals surface area contributed by atoms with Crippen molar-refractivity contribution in [3.8, 4) is 5.75 Å². The van der Waals surface area contributed by atoms with Crippen molar-refractivity contribution in [2.45, 2.75) is 45.1 Å². The Morgan fingerprint density at radius 2 is 2.05 bits per heavy atom. The predicted octanol–water partition coefficient (Wildman–Crippen LogP) is 3.32. The van der Waals surface area contributed by atoms with Crippen LogP contribution >= 0.6 is 0 Å². The van der Waals surface area contributed by atoms with E-state index < -0.39 is 0 Å². The second-order valence-electron chi connectivity index (χ2n) is 5.49. The lowest BCUT2D eigenvalue weighted by atomic mass is 10.1. The molecule has 1 saturated heterocycles. The zero-order valence-electron chi connectivity index (χ0n) is 12.3. The number of halogens is 1. The van der Waals surface area contributed by atoms with Gasteiger partial charge in [-0.2, -0.15) is 0 Å². The first-order chi connectivity index (χ1) is 9.70. The lowest BCUT2D eigenvalue weighted by Crippen LogP contribution is -2.40. The summed E-state index contributed by atoms with van der Waals surface area (Å²) in [5, 5.41) is 0. The lowest BCUT2D eigenvalue weighted by Gasteiger charge is -2.32. The molecule has 4 heteroatoms. The molecule has 0 spiro atoms. The van der Waals surface area contributed by atoms with Crippen molar-refractivity contribution in [2.75, 3.05) is 24.6 Å². The van der Waals surface area contributed by atoms with Gasteiger partial charge in [-0.1, -0.05) is 19.8 Å². The fourth-order valence-corrected chi connectivity index (χ4v) is 2.52. The number of rotatable bonds is 6. The minimum atomic E-state index is -0.200. The van der Waals surface area contributed by atoms with Crippen molar-refractivity contribution in [1.82, 2.24) is 0 Å². The molecule has 1 aliphatic rings. The van der Waals surface area contributed by atoms with Crippen molar-refractivity contribution in [3.63, 3.8) is 0 Å². The van der Waals surface area contributed by atoms with Crippen LogP contribution < -0.4 is 15.4 Å². The maximum Gasteiger partial charge on any atom is 0.150 e. The molecule has 2 rings (SSSR count). The van der Waals surface area contributed by atoms with Crippen molar-refractivity contribution >= 4 is 5.69 Å². The molecule has 1 heterocycles. The van der Waals surface area contributed by atoms with Gasteiger partial charge in [-0.05, 0) is 31.4 Å². The van der Waals surface area contributed by atoms with Gasteiger partial charge >= 0.3 is 0 Å². The van der Waals surface area contributed by atoms with E-state index >= 15 is 0 Å². The Hall–Kier alpha value is -1.29. The molecule has 0 amide bonds. The first-order valence-electron chi connectivity index (χ1n) is 7.63. The number of benzene rings is 1. The van der Waals surface area contributed by atoms with Crippen LogP contribution in [0.15, 0.2) is 18.2 Å². The third-order valence-electron chi connectivity index (χ3n) is 3.82. The van der Waals surface area contributed by atoms with E-state index in [-0.39, 0.29) is 11.9 Å². The fourth-order valence-electron chi connectivity index (χ4n) is 2.52. The number of piperidine rings is 1. The van der Waals surface area contributed by atoms with Gasteiger partial charge in [0, 0.05) is 25.2 Å². The summed E-state index contributed by atoms with van der Waals surface area (Å²) in [6.45, 7) is 4.47. The number of unbranched alkanes of at least 4 members (excludes halogenated alkanes) is 2. The maximum atomic E-state index is 14.2. The van der Waals surface area contributed by atoms with Crippen LogP contribution in [0.2, 0.25) is 0 Å². The van der Waals surface area contributed by atoms with E-state index in [1.165, 1.54) is 6.07 Å². The third kappa shape index (κ3) is 4.10.